The first-order valence-electron chi connectivity index (χ1n) is 8.47. The van der Waals surface area contributed by atoms with E-state index in [1.54, 1.807) is 23.4 Å². The summed E-state index contributed by atoms with van der Waals surface area (Å²) in [6, 6.07) is 10.0. The normalized spacial score (nSPS) is 14.8. The molecule has 0 saturated carbocycles. The fourth-order valence-corrected chi connectivity index (χ4v) is 2.71. The van der Waals surface area contributed by atoms with Crippen molar-refractivity contribution in [3.05, 3.63) is 54.4 Å². The first-order valence-corrected chi connectivity index (χ1v) is 8.47. The van der Waals surface area contributed by atoms with Crippen molar-refractivity contribution < 1.29 is 9.53 Å². The van der Waals surface area contributed by atoms with Crippen molar-refractivity contribution in [3.8, 4) is 11.4 Å². The Bertz CT molecular complexity index is 762. The quantitative estimate of drug-likeness (QED) is 0.825. The minimum absolute atomic E-state index is 0.251. The molecule has 130 valence electrons. The van der Waals surface area contributed by atoms with E-state index in [1.807, 2.05) is 32.9 Å². The fourth-order valence-electron chi connectivity index (χ4n) is 2.71. The third kappa shape index (κ3) is 4.44. The zero-order valence-corrected chi connectivity index (χ0v) is 14.9. The van der Waals surface area contributed by atoms with Crippen LogP contribution in [0.4, 0.5) is 4.79 Å². The molecule has 1 aromatic carbocycles. The van der Waals surface area contributed by atoms with Crippen LogP contribution in [0.1, 0.15) is 32.8 Å². The highest BCUT2D eigenvalue weighted by molar-refractivity contribution is 5.73. The van der Waals surface area contributed by atoms with E-state index in [4.69, 9.17) is 4.74 Å². The van der Waals surface area contributed by atoms with E-state index in [0.717, 1.165) is 17.8 Å². The summed E-state index contributed by atoms with van der Waals surface area (Å²) in [5.41, 5.74) is 2.95. The van der Waals surface area contributed by atoms with Crippen molar-refractivity contribution >= 4 is 11.7 Å². The number of rotatable bonds is 2. The molecule has 0 bridgehead atoms. The number of amides is 1. The van der Waals surface area contributed by atoms with Gasteiger partial charge in [-0.25, -0.2) is 14.8 Å². The lowest BCUT2D eigenvalue weighted by Crippen LogP contribution is -2.39. The van der Waals surface area contributed by atoms with E-state index >= 15 is 0 Å². The van der Waals surface area contributed by atoms with Gasteiger partial charge < -0.3 is 9.64 Å². The Balaban J connectivity index is 1.67. The van der Waals surface area contributed by atoms with Gasteiger partial charge in [0.25, 0.3) is 0 Å². The number of hydrogen-bond acceptors (Lipinski definition) is 4. The summed E-state index contributed by atoms with van der Waals surface area (Å²) in [6.45, 7) is 6.90. The predicted octanol–water partition coefficient (Wildman–Crippen LogP) is 4.17. The summed E-state index contributed by atoms with van der Waals surface area (Å²) >= 11 is 0. The van der Waals surface area contributed by atoms with E-state index in [1.165, 1.54) is 11.1 Å². The number of nitrogens with zero attached hydrogens (tertiary/aromatic N) is 3. The fraction of sp³-hybridized carbons (Fsp3) is 0.350. The summed E-state index contributed by atoms with van der Waals surface area (Å²) in [4.78, 5) is 22.4. The minimum atomic E-state index is -0.462. The third-order valence-electron chi connectivity index (χ3n) is 3.94. The smallest absolute Gasteiger partial charge is 0.410 e. The molecule has 1 aromatic heterocycles. The first-order chi connectivity index (χ1) is 11.9. The molecule has 5 nitrogen and oxygen atoms in total. The Morgan fingerprint density at radius 1 is 1.08 bits per heavy atom. The average molecular weight is 337 g/mol. The third-order valence-corrected chi connectivity index (χ3v) is 3.94. The molecule has 0 atom stereocenters. The number of benzene rings is 1. The van der Waals surface area contributed by atoms with Crippen molar-refractivity contribution in [2.75, 3.05) is 13.1 Å². The molecule has 2 heterocycles. The van der Waals surface area contributed by atoms with Crippen molar-refractivity contribution in [2.24, 2.45) is 0 Å². The molecule has 0 unspecified atom stereocenters. The number of hydrogen-bond donors (Lipinski definition) is 0. The second kappa shape index (κ2) is 7.05. The molecule has 0 radical (unpaired) electrons. The molecule has 0 saturated heterocycles. The Kier molecular flexibility index (Phi) is 4.83. The summed E-state index contributed by atoms with van der Waals surface area (Å²) in [6.07, 6.45) is 6.15. The van der Waals surface area contributed by atoms with Crippen LogP contribution in [0.5, 0.6) is 0 Å². The molecule has 0 aliphatic carbocycles. The monoisotopic (exact) mass is 337 g/mol. The van der Waals surface area contributed by atoms with Crippen LogP contribution >= 0.6 is 0 Å². The van der Waals surface area contributed by atoms with Crippen LogP contribution < -0.4 is 0 Å². The van der Waals surface area contributed by atoms with Crippen molar-refractivity contribution in [1.82, 2.24) is 14.9 Å². The maximum absolute atomic E-state index is 12.1. The Labute approximate surface area is 148 Å². The first kappa shape index (κ1) is 17.1. The zero-order valence-electron chi connectivity index (χ0n) is 14.9. The molecular weight excluding hydrogens is 314 g/mol. The second-order valence-electron chi connectivity index (χ2n) is 7.06. The molecule has 5 heteroatoms. The van der Waals surface area contributed by atoms with E-state index in [-0.39, 0.29) is 6.09 Å². The van der Waals surface area contributed by atoms with Gasteiger partial charge in [0.2, 0.25) is 0 Å². The van der Waals surface area contributed by atoms with Crippen LogP contribution in [-0.4, -0.2) is 39.7 Å². The zero-order chi connectivity index (χ0) is 17.9. The molecule has 1 amide bonds. The van der Waals surface area contributed by atoms with Gasteiger partial charge in [-0.1, -0.05) is 30.3 Å². The summed E-state index contributed by atoms with van der Waals surface area (Å²) < 4.78 is 5.43. The largest absolute Gasteiger partial charge is 0.444 e. The van der Waals surface area contributed by atoms with Crippen LogP contribution in [-0.2, 0) is 4.74 Å². The summed E-state index contributed by atoms with van der Waals surface area (Å²) in [5, 5.41) is 0. The predicted molar refractivity (Wildman–Crippen MR) is 97.9 cm³/mol. The maximum atomic E-state index is 12.1. The van der Waals surface area contributed by atoms with Gasteiger partial charge in [0.1, 0.15) is 5.60 Å². The molecular formula is C20H23N3O2. The van der Waals surface area contributed by atoms with Crippen LogP contribution in [0.3, 0.4) is 0 Å². The topological polar surface area (TPSA) is 55.3 Å². The lowest BCUT2D eigenvalue weighted by Gasteiger charge is -2.29. The summed E-state index contributed by atoms with van der Waals surface area (Å²) in [5.74, 6) is 0.725. The standard InChI is InChI=1S/C20H23N3O2/c1-20(2,3)25-19(24)23-13-9-16(10-14-23)15-5-7-17(8-6-15)18-21-11-4-12-22-18/h4-9,11-12H,10,13-14H2,1-3H3. The Morgan fingerprint density at radius 2 is 1.72 bits per heavy atom. The van der Waals surface area contributed by atoms with Gasteiger partial charge in [0.05, 0.1) is 0 Å². The van der Waals surface area contributed by atoms with Crippen LogP contribution in [0, 0.1) is 0 Å². The maximum Gasteiger partial charge on any atom is 0.410 e. The van der Waals surface area contributed by atoms with Crippen LogP contribution in [0.2, 0.25) is 0 Å². The molecule has 3 rings (SSSR count). The van der Waals surface area contributed by atoms with Gasteiger partial charge in [0, 0.05) is 31.0 Å². The molecule has 2 aromatic rings. The minimum Gasteiger partial charge on any atom is -0.444 e. The van der Waals surface area contributed by atoms with Gasteiger partial charge >= 0.3 is 6.09 Å². The highest BCUT2D eigenvalue weighted by atomic mass is 16.6. The Morgan fingerprint density at radius 3 is 2.28 bits per heavy atom. The van der Waals surface area contributed by atoms with E-state index in [0.29, 0.717) is 13.1 Å². The lowest BCUT2D eigenvalue weighted by molar-refractivity contribution is 0.0270. The van der Waals surface area contributed by atoms with Crippen molar-refractivity contribution in [1.29, 1.82) is 0 Å². The molecule has 25 heavy (non-hydrogen) atoms. The number of ether oxygens (including phenoxy) is 1. The van der Waals surface area contributed by atoms with Gasteiger partial charge in [-0.15, -0.1) is 0 Å². The average Bonchev–Trinajstić information content (AvgIpc) is 2.61. The summed E-state index contributed by atoms with van der Waals surface area (Å²) in [7, 11) is 0. The van der Waals surface area contributed by atoms with Gasteiger partial charge in [-0.3, -0.25) is 0 Å². The number of carbonyl (C=O) groups is 1. The van der Waals surface area contributed by atoms with E-state index < -0.39 is 5.60 Å². The van der Waals surface area contributed by atoms with E-state index in [2.05, 4.69) is 28.2 Å². The van der Waals surface area contributed by atoms with Crippen LogP contribution in [0.15, 0.2) is 48.8 Å². The molecule has 0 fully saturated rings. The highest BCUT2D eigenvalue weighted by Gasteiger charge is 2.23. The van der Waals surface area contributed by atoms with Gasteiger partial charge in [-0.05, 0) is 44.4 Å². The number of carbonyl (C=O) groups excluding carboxylic acids is 1. The lowest BCUT2D eigenvalue weighted by atomic mass is 9.98. The molecule has 0 spiro atoms. The Hall–Kier alpha value is -2.69. The SMILES string of the molecule is CC(C)(C)OC(=O)N1CC=C(c2ccc(-c3ncccn3)cc2)CC1. The highest BCUT2D eigenvalue weighted by Crippen LogP contribution is 2.25. The molecule has 0 N–H and O–H groups in total. The van der Waals surface area contributed by atoms with E-state index in [9.17, 15) is 4.79 Å². The van der Waals surface area contributed by atoms with Gasteiger partial charge in [-0.2, -0.15) is 0 Å². The van der Waals surface area contributed by atoms with Crippen molar-refractivity contribution in [3.63, 3.8) is 0 Å². The van der Waals surface area contributed by atoms with Crippen molar-refractivity contribution in [2.45, 2.75) is 32.8 Å². The van der Waals surface area contributed by atoms with Gasteiger partial charge in [0.15, 0.2) is 5.82 Å². The molecule has 1 aliphatic heterocycles. The van der Waals surface area contributed by atoms with Crippen LogP contribution in [0.25, 0.3) is 17.0 Å². The molecule has 1 aliphatic rings. The second-order valence-corrected chi connectivity index (χ2v) is 7.06. The number of aromatic nitrogens is 2.